The fourth-order valence-corrected chi connectivity index (χ4v) is 1.24. The summed E-state index contributed by atoms with van der Waals surface area (Å²) in [6.07, 6.45) is -0.435. The Morgan fingerprint density at radius 1 is 0.917 bits per heavy atom. The van der Waals surface area contributed by atoms with Crippen molar-refractivity contribution in [2.24, 2.45) is 0 Å². The highest BCUT2D eigenvalue weighted by atomic mass is 16.3. The molecule has 0 unspecified atom stereocenters. The number of aliphatic hydroxyl groups excluding tert-OH is 1. The zero-order chi connectivity index (χ0) is 8.72. The molecule has 0 spiro atoms. The van der Waals surface area contributed by atoms with E-state index in [0.29, 0.717) is 11.1 Å². The first-order valence-corrected chi connectivity index (χ1v) is 3.46. The van der Waals surface area contributed by atoms with E-state index >= 15 is 0 Å². The van der Waals surface area contributed by atoms with Crippen molar-refractivity contribution in [3.63, 3.8) is 0 Å². The maximum absolute atomic E-state index is 11.1. The number of hydrogen-bond acceptors (Lipinski definition) is 3. The van der Waals surface area contributed by atoms with Gasteiger partial charge in [-0.25, -0.2) is 0 Å². The van der Waals surface area contributed by atoms with Crippen LogP contribution in [-0.4, -0.2) is 16.7 Å². The van der Waals surface area contributed by atoms with Gasteiger partial charge in [-0.3, -0.25) is 9.59 Å². The van der Waals surface area contributed by atoms with Crippen LogP contribution < -0.4 is 0 Å². The minimum atomic E-state index is -0.809. The third kappa shape index (κ3) is 0.740. The van der Waals surface area contributed by atoms with Gasteiger partial charge in [-0.1, -0.05) is 24.3 Å². The van der Waals surface area contributed by atoms with E-state index in [1.807, 2.05) is 0 Å². The van der Waals surface area contributed by atoms with Crippen molar-refractivity contribution < 1.29 is 14.7 Å². The summed E-state index contributed by atoms with van der Waals surface area (Å²) >= 11 is 0. The van der Waals surface area contributed by atoms with Crippen molar-refractivity contribution in [2.45, 2.75) is 0 Å². The first kappa shape index (κ1) is 7.18. The highest BCUT2D eigenvalue weighted by Gasteiger charge is 2.37. The second-order valence-electron chi connectivity index (χ2n) is 2.55. The third-order valence-electron chi connectivity index (χ3n) is 1.85. The fourth-order valence-electron chi connectivity index (χ4n) is 1.24. The number of fused-ring (bicyclic) bond motifs is 1. The van der Waals surface area contributed by atoms with Gasteiger partial charge in [-0.05, 0) is 0 Å². The molecular formula is C9H5O3. The average Bonchev–Trinajstić information content (AvgIpc) is 2.33. The van der Waals surface area contributed by atoms with Gasteiger partial charge in [0.05, 0.1) is 0 Å². The Bertz CT molecular complexity index is 368. The monoisotopic (exact) mass is 161 g/mol. The van der Waals surface area contributed by atoms with Gasteiger partial charge in [0.2, 0.25) is 11.6 Å². The van der Waals surface area contributed by atoms with Gasteiger partial charge in [0.25, 0.3) is 0 Å². The van der Waals surface area contributed by atoms with Crippen molar-refractivity contribution in [3.05, 3.63) is 41.5 Å². The molecular weight excluding hydrogens is 156 g/mol. The van der Waals surface area contributed by atoms with E-state index in [1.54, 1.807) is 18.2 Å². The average molecular weight is 161 g/mol. The quantitative estimate of drug-likeness (QED) is 0.570. The van der Waals surface area contributed by atoms with Crippen molar-refractivity contribution in [3.8, 4) is 0 Å². The summed E-state index contributed by atoms with van der Waals surface area (Å²) in [5, 5.41) is 9.17. The van der Waals surface area contributed by atoms with Crippen LogP contribution >= 0.6 is 0 Å². The van der Waals surface area contributed by atoms with Crippen molar-refractivity contribution in [2.75, 3.05) is 0 Å². The molecule has 0 aromatic heterocycles. The lowest BCUT2D eigenvalue weighted by atomic mass is 10.1. The summed E-state index contributed by atoms with van der Waals surface area (Å²) in [6.45, 7) is 0. The summed E-state index contributed by atoms with van der Waals surface area (Å²) in [5.74, 6) is -1.43. The van der Waals surface area contributed by atoms with E-state index < -0.39 is 17.7 Å². The van der Waals surface area contributed by atoms with Crippen LogP contribution in [0.15, 0.2) is 24.3 Å². The van der Waals surface area contributed by atoms with Crippen LogP contribution in [0.1, 0.15) is 15.9 Å². The van der Waals surface area contributed by atoms with Gasteiger partial charge in [0.15, 0.2) is 6.10 Å². The molecule has 1 radical (unpaired) electrons. The molecule has 2 rings (SSSR count). The Morgan fingerprint density at radius 3 is 2.08 bits per heavy atom. The number of rotatable bonds is 0. The molecule has 0 amide bonds. The van der Waals surface area contributed by atoms with E-state index in [-0.39, 0.29) is 0 Å². The number of carbonyl (C=O) groups excluding carboxylic acids is 2. The van der Waals surface area contributed by atoms with Crippen LogP contribution in [0, 0.1) is 6.10 Å². The molecule has 0 saturated heterocycles. The summed E-state index contributed by atoms with van der Waals surface area (Å²) in [7, 11) is 0. The van der Waals surface area contributed by atoms with Crippen LogP contribution in [0.3, 0.4) is 0 Å². The van der Waals surface area contributed by atoms with Crippen molar-refractivity contribution >= 4 is 11.6 Å². The lowest BCUT2D eigenvalue weighted by Crippen LogP contribution is -2.11. The molecule has 1 aromatic rings. The molecule has 0 bridgehead atoms. The largest absolute Gasteiger partial charge is 0.374 e. The first-order valence-electron chi connectivity index (χ1n) is 3.46. The maximum atomic E-state index is 11.1. The number of ketones is 2. The predicted octanol–water partition coefficient (Wildman–Crippen LogP) is 0.705. The molecule has 59 valence electrons. The van der Waals surface area contributed by atoms with Crippen LogP contribution in [0.5, 0.6) is 0 Å². The molecule has 3 nitrogen and oxygen atoms in total. The van der Waals surface area contributed by atoms with E-state index in [4.69, 9.17) is 5.11 Å². The van der Waals surface area contributed by atoms with Gasteiger partial charge in [-0.15, -0.1) is 0 Å². The van der Waals surface area contributed by atoms with Gasteiger partial charge >= 0.3 is 0 Å². The Kier molecular flexibility index (Phi) is 1.35. The lowest BCUT2D eigenvalue weighted by Gasteiger charge is -1.96. The second kappa shape index (κ2) is 2.25. The number of carbonyl (C=O) groups is 2. The number of benzene rings is 1. The normalized spacial score (nSPS) is 16.8. The lowest BCUT2D eigenvalue weighted by molar-refractivity contribution is -0.115. The standard InChI is InChI=1S/C9H5O3/c10-7-5-3-1-2-4-6(5)8(11)9(7)12/h1-4,10H. The fraction of sp³-hybridized carbons (Fsp3) is 0. The van der Waals surface area contributed by atoms with Gasteiger partial charge in [0.1, 0.15) is 0 Å². The van der Waals surface area contributed by atoms with E-state index in [9.17, 15) is 9.59 Å². The summed E-state index contributed by atoms with van der Waals surface area (Å²) < 4.78 is 0. The summed E-state index contributed by atoms with van der Waals surface area (Å²) in [6, 6.07) is 6.40. The van der Waals surface area contributed by atoms with Crippen LogP contribution in [0.25, 0.3) is 0 Å². The van der Waals surface area contributed by atoms with E-state index in [0.717, 1.165) is 0 Å². The SMILES string of the molecule is O=C1[C](O)c2ccccc2C1=O. The minimum Gasteiger partial charge on any atom is -0.374 e. The van der Waals surface area contributed by atoms with Crippen LogP contribution in [0.2, 0.25) is 0 Å². The van der Waals surface area contributed by atoms with Crippen LogP contribution in [0.4, 0.5) is 0 Å². The molecule has 1 aliphatic carbocycles. The first-order chi connectivity index (χ1) is 5.72. The Hall–Kier alpha value is -1.48. The molecule has 1 aliphatic rings. The number of aliphatic hydroxyl groups is 1. The maximum Gasteiger partial charge on any atom is 0.243 e. The Labute approximate surface area is 68.6 Å². The van der Waals surface area contributed by atoms with E-state index in [1.165, 1.54) is 6.07 Å². The van der Waals surface area contributed by atoms with Gasteiger partial charge < -0.3 is 5.11 Å². The minimum absolute atomic E-state index is 0.292. The van der Waals surface area contributed by atoms with Gasteiger partial charge in [-0.2, -0.15) is 0 Å². The molecule has 0 fully saturated rings. The third-order valence-corrected chi connectivity index (χ3v) is 1.85. The molecule has 1 N–H and O–H groups in total. The Balaban J connectivity index is 2.67. The molecule has 3 heteroatoms. The molecule has 12 heavy (non-hydrogen) atoms. The molecule has 0 saturated carbocycles. The summed E-state index contributed by atoms with van der Waals surface area (Å²) in [4.78, 5) is 22.0. The number of Topliss-reactive ketones (excluding diaryl/α,β-unsaturated/α-hetero) is 2. The predicted molar refractivity (Wildman–Crippen MR) is 40.1 cm³/mol. The van der Waals surface area contributed by atoms with Crippen LogP contribution in [-0.2, 0) is 4.79 Å². The molecule has 0 atom stereocenters. The zero-order valence-corrected chi connectivity index (χ0v) is 6.07. The van der Waals surface area contributed by atoms with E-state index in [2.05, 4.69) is 0 Å². The smallest absolute Gasteiger partial charge is 0.243 e. The van der Waals surface area contributed by atoms with Gasteiger partial charge in [0, 0.05) is 11.1 Å². The highest BCUT2D eigenvalue weighted by molar-refractivity contribution is 6.52. The molecule has 0 aliphatic heterocycles. The Morgan fingerprint density at radius 2 is 1.50 bits per heavy atom. The van der Waals surface area contributed by atoms with Crippen molar-refractivity contribution in [1.82, 2.24) is 0 Å². The number of hydrogen-bond donors (Lipinski definition) is 1. The zero-order valence-electron chi connectivity index (χ0n) is 6.07. The highest BCUT2D eigenvalue weighted by Crippen LogP contribution is 2.26. The van der Waals surface area contributed by atoms with Crippen molar-refractivity contribution in [1.29, 1.82) is 0 Å². The topological polar surface area (TPSA) is 54.4 Å². The second-order valence-corrected chi connectivity index (χ2v) is 2.55. The molecule has 0 heterocycles. The summed E-state index contributed by atoms with van der Waals surface area (Å²) in [5.41, 5.74) is 0.632. The molecule has 1 aromatic carbocycles.